The summed E-state index contributed by atoms with van der Waals surface area (Å²) in [5.41, 5.74) is 0. The lowest BCUT2D eigenvalue weighted by Gasteiger charge is -2.44. The first-order chi connectivity index (χ1) is 6.75. The van der Waals surface area contributed by atoms with Crippen molar-refractivity contribution in [3.63, 3.8) is 0 Å². The molecular formula is C10H18N2O2. The van der Waals surface area contributed by atoms with E-state index in [1.54, 1.807) is 0 Å². The summed E-state index contributed by atoms with van der Waals surface area (Å²) in [5, 5.41) is 3.48. The van der Waals surface area contributed by atoms with Crippen molar-refractivity contribution in [3.05, 3.63) is 0 Å². The Labute approximate surface area is 84.6 Å². The Morgan fingerprint density at radius 2 is 2.21 bits per heavy atom. The lowest BCUT2D eigenvalue weighted by molar-refractivity contribution is -0.157. The maximum atomic E-state index is 10.7. The molecule has 0 amide bonds. The third-order valence-electron chi connectivity index (χ3n) is 2.93. The third-order valence-corrected chi connectivity index (χ3v) is 2.93. The van der Waals surface area contributed by atoms with Crippen LogP contribution in [-0.2, 0) is 9.53 Å². The fourth-order valence-corrected chi connectivity index (χ4v) is 2.18. The fourth-order valence-electron chi connectivity index (χ4n) is 2.18. The Kier molecular flexibility index (Phi) is 3.03. The SMILES string of the molecule is CC(=O)OC1CN([C@H]2CCCCN2)C1. The standard InChI is InChI=1S/C10H18N2O2/c1-8(13)14-9-6-12(7-9)10-4-2-3-5-11-10/h9-11H,2-7H2,1H3/t10-/m0/s1. The third kappa shape index (κ3) is 2.25. The maximum Gasteiger partial charge on any atom is 0.302 e. The highest BCUT2D eigenvalue weighted by atomic mass is 16.5. The van der Waals surface area contributed by atoms with E-state index in [1.165, 1.54) is 26.2 Å². The van der Waals surface area contributed by atoms with Crippen molar-refractivity contribution in [3.8, 4) is 0 Å². The predicted octanol–water partition coefficient (Wildman–Crippen LogP) is 0.333. The highest BCUT2D eigenvalue weighted by Crippen LogP contribution is 2.19. The molecule has 0 unspecified atom stereocenters. The Morgan fingerprint density at radius 3 is 2.79 bits per heavy atom. The summed E-state index contributed by atoms with van der Waals surface area (Å²) < 4.78 is 5.10. The average Bonchev–Trinajstić information content (AvgIpc) is 2.12. The fraction of sp³-hybridized carbons (Fsp3) is 0.900. The predicted molar refractivity (Wildman–Crippen MR) is 52.8 cm³/mol. The maximum absolute atomic E-state index is 10.7. The van der Waals surface area contributed by atoms with Crippen LogP contribution in [0.15, 0.2) is 0 Å². The average molecular weight is 198 g/mol. The largest absolute Gasteiger partial charge is 0.460 e. The van der Waals surface area contributed by atoms with E-state index in [0.29, 0.717) is 6.17 Å². The van der Waals surface area contributed by atoms with Crippen LogP contribution in [0, 0.1) is 0 Å². The molecule has 0 bridgehead atoms. The van der Waals surface area contributed by atoms with E-state index in [1.807, 2.05) is 0 Å². The summed E-state index contributed by atoms with van der Waals surface area (Å²) in [5.74, 6) is -0.161. The Morgan fingerprint density at radius 1 is 1.43 bits per heavy atom. The van der Waals surface area contributed by atoms with Gasteiger partial charge in [0.1, 0.15) is 6.10 Å². The zero-order valence-corrected chi connectivity index (χ0v) is 8.66. The summed E-state index contributed by atoms with van der Waals surface area (Å²) in [6.07, 6.45) is 4.49. The van der Waals surface area contributed by atoms with Gasteiger partial charge in [0, 0.05) is 20.0 Å². The van der Waals surface area contributed by atoms with Gasteiger partial charge in [0.05, 0.1) is 6.17 Å². The normalized spacial score (nSPS) is 29.6. The van der Waals surface area contributed by atoms with Crippen LogP contribution in [0.1, 0.15) is 26.2 Å². The number of nitrogens with one attached hydrogen (secondary N) is 1. The molecule has 0 aromatic heterocycles. The number of nitrogens with zero attached hydrogens (tertiary/aromatic N) is 1. The summed E-state index contributed by atoms with van der Waals surface area (Å²) in [6, 6.07) is 0. The molecule has 0 aromatic carbocycles. The number of hydrogen-bond donors (Lipinski definition) is 1. The molecule has 2 aliphatic heterocycles. The molecule has 4 heteroatoms. The molecule has 14 heavy (non-hydrogen) atoms. The lowest BCUT2D eigenvalue weighted by Crippen LogP contribution is -2.61. The molecule has 1 atom stereocenters. The van der Waals surface area contributed by atoms with Crippen molar-refractivity contribution in [2.24, 2.45) is 0 Å². The summed E-state index contributed by atoms with van der Waals surface area (Å²) in [6.45, 7) is 4.40. The highest BCUT2D eigenvalue weighted by Gasteiger charge is 2.34. The monoisotopic (exact) mass is 198 g/mol. The Balaban J connectivity index is 1.68. The molecule has 2 saturated heterocycles. The van der Waals surface area contributed by atoms with Gasteiger partial charge in [-0.25, -0.2) is 0 Å². The first-order valence-corrected chi connectivity index (χ1v) is 5.40. The van der Waals surface area contributed by atoms with Crippen LogP contribution in [0.5, 0.6) is 0 Å². The number of carbonyl (C=O) groups excluding carboxylic acids is 1. The van der Waals surface area contributed by atoms with E-state index in [0.717, 1.165) is 19.6 Å². The Hall–Kier alpha value is -0.610. The molecule has 2 aliphatic rings. The second kappa shape index (κ2) is 4.28. The Bertz CT molecular complexity index is 208. The van der Waals surface area contributed by atoms with Crippen molar-refractivity contribution in [2.45, 2.75) is 38.5 Å². The quantitative estimate of drug-likeness (QED) is 0.649. The highest BCUT2D eigenvalue weighted by molar-refractivity contribution is 5.66. The number of carbonyl (C=O) groups is 1. The van der Waals surface area contributed by atoms with Crippen molar-refractivity contribution in [1.29, 1.82) is 0 Å². The number of esters is 1. The molecule has 0 spiro atoms. The van der Waals surface area contributed by atoms with Gasteiger partial charge in [-0.3, -0.25) is 9.69 Å². The summed E-state index contributed by atoms with van der Waals surface area (Å²) >= 11 is 0. The molecule has 80 valence electrons. The molecule has 0 aliphatic carbocycles. The minimum Gasteiger partial charge on any atom is -0.460 e. The van der Waals surface area contributed by atoms with Gasteiger partial charge in [0.25, 0.3) is 0 Å². The zero-order chi connectivity index (χ0) is 9.97. The summed E-state index contributed by atoms with van der Waals surface area (Å²) in [4.78, 5) is 13.0. The smallest absolute Gasteiger partial charge is 0.302 e. The van der Waals surface area contributed by atoms with Crippen LogP contribution in [-0.4, -0.2) is 42.8 Å². The number of ether oxygens (including phenoxy) is 1. The number of likely N-dealkylation sites (tertiary alicyclic amines) is 1. The molecule has 2 fully saturated rings. The van der Waals surface area contributed by atoms with Crippen LogP contribution < -0.4 is 5.32 Å². The van der Waals surface area contributed by atoms with Gasteiger partial charge in [0.2, 0.25) is 0 Å². The van der Waals surface area contributed by atoms with Crippen LogP contribution >= 0.6 is 0 Å². The first kappa shape index (κ1) is 9.93. The molecule has 2 heterocycles. The van der Waals surface area contributed by atoms with Crippen LogP contribution in [0.25, 0.3) is 0 Å². The number of rotatable bonds is 2. The molecule has 0 aromatic rings. The molecule has 2 rings (SSSR count). The van der Waals surface area contributed by atoms with Gasteiger partial charge in [-0.1, -0.05) is 0 Å². The van der Waals surface area contributed by atoms with Gasteiger partial charge in [-0.15, -0.1) is 0 Å². The lowest BCUT2D eigenvalue weighted by atomic mass is 10.0. The van der Waals surface area contributed by atoms with Crippen molar-refractivity contribution in [2.75, 3.05) is 19.6 Å². The molecule has 0 radical (unpaired) electrons. The molecular weight excluding hydrogens is 180 g/mol. The van der Waals surface area contributed by atoms with E-state index in [9.17, 15) is 4.79 Å². The van der Waals surface area contributed by atoms with E-state index in [4.69, 9.17) is 4.74 Å². The minimum absolute atomic E-state index is 0.135. The van der Waals surface area contributed by atoms with Crippen LogP contribution in [0.3, 0.4) is 0 Å². The van der Waals surface area contributed by atoms with Crippen molar-refractivity contribution < 1.29 is 9.53 Å². The summed E-state index contributed by atoms with van der Waals surface area (Å²) in [7, 11) is 0. The van der Waals surface area contributed by atoms with Crippen molar-refractivity contribution >= 4 is 5.97 Å². The van der Waals surface area contributed by atoms with Crippen molar-refractivity contribution in [1.82, 2.24) is 10.2 Å². The van der Waals surface area contributed by atoms with E-state index < -0.39 is 0 Å². The van der Waals surface area contributed by atoms with Gasteiger partial charge >= 0.3 is 5.97 Å². The number of piperidine rings is 1. The van der Waals surface area contributed by atoms with Gasteiger partial charge < -0.3 is 10.1 Å². The minimum atomic E-state index is -0.161. The van der Waals surface area contributed by atoms with E-state index in [-0.39, 0.29) is 12.1 Å². The second-order valence-electron chi connectivity index (χ2n) is 4.15. The van der Waals surface area contributed by atoms with E-state index >= 15 is 0 Å². The molecule has 4 nitrogen and oxygen atoms in total. The second-order valence-corrected chi connectivity index (χ2v) is 4.15. The zero-order valence-electron chi connectivity index (χ0n) is 8.66. The van der Waals surface area contributed by atoms with Gasteiger partial charge in [-0.2, -0.15) is 0 Å². The topological polar surface area (TPSA) is 41.6 Å². The number of hydrogen-bond acceptors (Lipinski definition) is 4. The first-order valence-electron chi connectivity index (χ1n) is 5.40. The van der Waals surface area contributed by atoms with Gasteiger partial charge in [-0.05, 0) is 25.8 Å². The van der Waals surface area contributed by atoms with E-state index in [2.05, 4.69) is 10.2 Å². The molecule has 0 saturated carbocycles. The van der Waals surface area contributed by atoms with Gasteiger partial charge in [0.15, 0.2) is 0 Å². The van der Waals surface area contributed by atoms with Crippen LogP contribution in [0.2, 0.25) is 0 Å². The van der Waals surface area contributed by atoms with Crippen LogP contribution in [0.4, 0.5) is 0 Å². The molecule has 1 N–H and O–H groups in total.